The molecule has 0 saturated carbocycles. The zero-order chi connectivity index (χ0) is 16.1. The second kappa shape index (κ2) is 6.97. The van der Waals surface area contributed by atoms with Crippen LogP contribution in [0.25, 0.3) is 11.3 Å². The minimum Gasteiger partial charge on any atom is -0.490 e. The fourth-order valence-corrected chi connectivity index (χ4v) is 1.85. The molecular weight excluding hydrogens is 296 g/mol. The number of benzene rings is 1. The van der Waals surface area contributed by atoms with Crippen molar-refractivity contribution in [1.82, 2.24) is 15.4 Å². The minimum atomic E-state index is -0.874. The molecule has 118 valence electrons. The van der Waals surface area contributed by atoms with E-state index in [0.29, 0.717) is 12.5 Å². The van der Waals surface area contributed by atoms with E-state index in [1.165, 1.54) is 0 Å². The van der Waals surface area contributed by atoms with Crippen molar-refractivity contribution < 1.29 is 23.0 Å². The molecular formula is C14H15F2N3O3. The van der Waals surface area contributed by atoms with Gasteiger partial charge in [-0.05, 0) is 19.4 Å². The van der Waals surface area contributed by atoms with Crippen LogP contribution in [0.5, 0.6) is 5.75 Å². The van der Waals surface area contributed by atoms with Crippen molar-refractivity contribution in [2.75, 3.05) is 13.2 Å². The highest BCUT2D eigenvalue weighted by Gasteiger charge is 2.24. The number of ether oxygens (including phenoxy) is 2. The molecule has 0 amide bonds. The molecule has 1 aromatic carbocycles. The molecule has 8 heteroatoms. The molecule has 22 heavy (non-hydrogen) atoms. The lowest BCUT2D eigenvalue weighted by Crippen LogP contribution is -2.08. The first-order chi connectivity index (χ1) is 10.6. The molecule has 0 radical (unpaired) electrons. The molecule has 6 nitrogen and oxygen atoms in total. The van der Waals surface area contributed by atoms with Gasteiger partial charge in [-0.2, -0.15) is 10.3 Å². The molecule has 0 unspecified atom stereocenters. The molecule has 0 aliphatic carbocycles. The van der Waals surface area contributed by atoms with E-state index in [9.17, 15) is 13.6 Å². The van der Waals surface area contributed by atoms with Crippen molar-refractivity contribution >= 4 is 5.97 Å². The number of hydrogen-bond acceptors (Lipinski definition) is 5. The zero-order valence-electron chi connectivity index (χ0n) is 12.2. The van der Waals surface area contributed by atoms with Gasteiger partial charge in [-0.3, -0.25) is 0 Å². The largest absolute Gasteiger partial charge is 0.490 e. The summed E-state index contributed by atoms with van der Waals surface area (Å²) in [7, 11) is 0. The van der Waals surface area contributed by atoms with Gasteiger partial charge in [0.25, 0.3) is 0 Å². The van der Waals surface area contributed by atoms with Crippen LogP contribution in [0.1, 0.15) is 30.8 Å². The van der Waals surface area contributed by atoms with Crippen molar-refractivity contribution in [3.63, 3.8) is 0 Å². The van der Waals surface area contributed by atoms with Crippen molar-refractivity contribution in [2.24, 2.45) is 0 Å². The van der Waals surface area contributed by atoms with Crippen molar-refractivity contribution in [3.8, 4) is 17.0 Å². The maximum atomic E-state index is 14.0. The Hall–Kier alpha value is -2.51. The van der Waals surface area contributed by atoms with Crippen LogP contribution in [0.4, 0.5) is 8.78 Å². The first kappa shape index (κ1) is 15.9. The van der Waals surface area contributed by atoms with Crippen LogP contribution in [0.15, 0.2) is 12.1 Å². The number of nitrogens with one attached hydrogen (secondary N) is 1. The van der Waals surface area contributed by atoms with Gasteiger partial charge in [0.1, 0.15) is 11.5 Å². The lowest BCUT2D eigenvalue weighted by molar-refractivity contribution is 0.0520. The zero-order valence-corrected chi connectivity index (χ0v) is 12.2. The summed E-state index contributed by atoms with van der Waals surface area (Å²) in [6.45, 7) is 3.86. The molecule has 0 aliphatic heterocycles. The van der Waals surface area contributed by atoms with Gasteiger partial charge >= 0.3 is 5.97 Å². The predicted molar refractivity (Wildman–Crippen MR) is 73.5 cm³/mol. The standard InChI is InChI=1S/C14H15F2N3O3/c1-3-5-22-13-9(6-8(15)7-10(13)16)11-12(18-19-17-11)14(20)21-4-2/h6-7H,3-5H2,1-2H3,(H,17,18,19). The highest BCUT2D eigenvalue weighted by Crippen LogP contribution is 2.34. The van der Waals surface area contributed by atoms with Gasteiger partial charge in [-0.25, -0.2) is 13.6 Å². The number of aromatic amines is 1. The fourth-order valence-electron chi connectivity index (χ4n) is 1.85. The van der Waals surface area contributed by atoms with E-state index >= 15 is 0 Å². The van der Waals surface area contributed by atoms with Crippen LogP contribution in [0, 0.1) is 11.6 Å². The highest BCUT2D eigenvalue weighted by atomic mass is 19.1. The van der Waals surface area contributed by atoms with Crippen LogP contribution in [0.3, 0.4) is 0 Å². The van der Waals surface area contributed by atoms with Crippen molar-refractivity contribution in [3.05, 3.63) is 29.5 Å². The number of aromatic nitrogens is 3. The number of esters is 1. The number of H-pyrrole nitrogens is 1. The molecule has 2 rings (SSSR count). The SMILES string of the molecule is CCCOc1c(F)cc(F)cc1-c1n[nH]nc1C(=O)OCC. The maximum absolute atomic E-state index is 14.0. The summed E-state index contributed by atoms with van der Waals surface area (Å²) >= 11 is 0. The lowest BCUT2D eigenvalue weighted by Gasteiger charge is -2.11. The van der Waals surface area contributed by atoms with Crippen molar-refractivity contribution in [1.29, 1.82) is 0 Å². The number of rotatable bonds is 6. The summed E-state index contributed by atoms with van der Waals surface area (Å²) in [6.07, 6.45) is 0.639. The highest BCUT2D eigenvalue weighted by molar-refractivity contribution is 5.94. The first-order valence-corrected chi connectivity index (χ1v) is 6.78. The predicted octanol–water partition coefficient (Wildman–Crippen LogP) is 2.72. The first-order valence-electron chi connectivity index (χ1n) is 6.78. The average molecular weight is 311 g/mol. The van der Waals surface area contributed by atoms with Crippen molar-refractivity contribution in [2.45, 2.75) is 20.3 Å². The van der Waals surface area contributed by atoms with Crippen LogP contribution < -0.4 is 4.74 Å². The van der Waals surface area contributed by atoms with E-state index in [2.05, 4.69) is 15.4 Å². The number of halogens is 2. The third-order valence-corrected chi connectivity index (χ3v) is 2.73. The third-order valence-electron chi connectivity index (χ3n) is 2.73. The quantitative estimate of drug-likeness (QED) is 0.830. The van der Waals surface area contributed by atoms with Gasteiger partial charge in [0.15, 0.2) is 17.3 Å². The van der Waals surface area contributed by atoms with Crippen LogP contribution in [-0.2, 0) is 4.74 Å². The van der Waals surface area contributed by atoms with Gasteiger partial charge in [-0.15, -0.1) is 5.10 Å². The van der Waals surface area contributed by atoms with Gasteiger partial charge in [-0.1, -0.05) is 6.92 Å². The summed E-state index contributed by atoms with van der Waals surface area (Å²) in [4.78, 5) is 11.8. The Morgan fingerprint density at radius 1 is 1.27 bits per heavy atom. The molecule has 1 aromatic heterocycles. The summed E-state index contributed by atoms with van der Waals surface area (Å²) in [5.41, 5.74) is -0.182. The monoisotopic (exact) mass is 311 g/mol. The summed E-state index contributed by atoms with van der Waals surface area (Å²) in [5, 5.41) is 9.73. The molecule has 0 bridgehead atoms. The Kier molecular flexibility index (Phi) is 5.03. The van der Waals surface area contributed by atoms with Gasteiger partial charge in [0, 0.05) is 6.07 Å². The number of carbonyl (C=O) groups excluding carboxylic acids is 1. The minimum absolute atomic E-state index is 0.00255. The second-order valence-electron chi connectivity index (χ2n) is 4.35. The Morgan fingerprint density at radius 2 is 2.05 bits per heavy atom. The molecule has 0 atom stereocenters. The van der Waals surface area contributed by atoms with Crippen LogP contribution in [0.2, 0.25) is 0 Å². The molecule has 0 fully saturated rings. The normalized spacial score (nSPS) is 10.5. The topological polar surface area (TPSA) is 77.1 Å². The molecule has 1 heterocycles. The Balaban J connectivity index is 2.52. The molecule has 2 aromatic rings. The maximum Gasteiger partial charge on any atom is 0.361 e. The van der Waals surface area contributed by atoms with E-state index in [4.69, 9.17) is 9.47 Å². The Bertz CT molecular complexity index is 673. The number of carbonyl (C=O) groups is 1. The van der Waals surface area contributed by atoms with Gasteiger partial charge in [0.05, 0.1) is 18.8 Å². The van der Waals surface area contributed by atoms with Gasteiger partial charge in [0.2, 0.25) is 0 Å². The molecule has 1 N–H and O–H groups in total. The van der Waals surface area contributed by atoms with E-state index in [-0.39, 0.29) is 35.9 Å². The van der Waals surface area contributed by atoms with E-state index < -0.39 is 17.6 Å². The summed E-state index contributed by atoms with van der Waals surface area (Å²) in [5.74, 6) is -2.60. The average Bonchev–Trinajstić information content (AvgIpc) is 2.95. The van der Waals surface area contributed by atoms with Crippen LogP contribution in [-0.4, -0.2) is 34.6 Å². The lowest BCUT2D eigenvalue weighted by atomic mass is 10.1. The van der Waals surface area contributed by atoms with E-state index in [1.54, 1.807) is 6.92 Å². The molecule has 0 aliphatic rings. The Morgan fingerprint density at radius 3 is 2.73 bits per heavy atom. The third kappa shape index (κ3) is 3.21. The molecule has 0 spiro atoms. The summed E-state index contributed by atoms with van der Waals surface area (Å²) in [6, 6.07) is 1.74. The Labute approximate surface area is 125 Å². The van der Waals surface area contributed by atoms with Crippen LogP contribution >= 0.6 is 0 Å². The van der Waals surface area contributed by atoms with E-state index in [1.807, 2.05) is 6.92 Å². The molecule has 0 saturated heterocycles. The number of nitrogens with zero attached hydrogens (tertiary/aromatic N) is 2. The number of hydrogen-bond donors (Lipinski definition) is 1. The smallest absolute Gasteiger partial charge is 0.361 e. The van der Waals surface area contributed by atoms with Gasteiger partial charge < -0.3 is 9.47 Å². The van der Waals surface area contributed by atoms with E-state index in [0.717, 1.165) is 6.07 Å². The second-order valence-corrected chi connectivity index (χ2v) is 4.35. The fraction of sp³-hybridized carbons (Fsp3) is 0.357. The summed E-state index contributed by atoms with van der Waals surface area (Å²) < 4.78 is 37.7.